The lowest BCUT2D eigenvalue weighted by Gasteiger charge is -2.36. The number of carbonyl (C=O) groups is 2. The van der Waals surface area contributed by atoms with Gasteiger partial charge in [0.05, 0.1) is 23.1 Å². The summed E-state index contributed by atoms with van der Waals surface area (Å²) < 4.78 is 0. The zero-order valence-corrected chi connectivity index (χ0v) is 18.3. The van der Waals surface area contributed by atoms with Crippen LogP contribution in [0, 0.1) is 17.0 Å². The van der Waals surface area contributed by atoms with Crippen LogP contribution in [0.25, 0.3) is 10.9 Å². The number of nitro benzene ring substituents is 1. The number of non-ortho nitro benzene ring substituents is 1. The number of imide groups is 1. The Morgan fingerprint density at radius 2 is 1.97 bits per heavy atom. The molecule has 0 bridgehead atoms. The van der Waals surface area contributed by atoms with Crippen LogP contribution in [0.1, 0.15) is 36.2 Å². The number of carbonyl (C=O) groups excluding carboxylic acids is 2. The minimum atomic E-state index is -0.574. The van der Waals surface area contributed by atoms with E-state index in [0.717, 1.165) is 23.0 Å². The van der Waals surface area contributed by atoms with Crippen molar-refractivity contribution >= 4 is 45.7 Å². The lowest BCUT2D eigenvalue weighted by molar-refractivity contribution is -0.384. The van der Waals surface area contributed by atoms with Crippen molar-refractivity contribution in [1.82, 2.24) is 9.88 Å². The largest absolute Gasteiger partial charge is 0.357 e. The number of hydrogen-bond donors (Lipinski definition) is 1. The number of aromatic nitrogens is 1. The Kier molecular flexibility index (Phi) is 4.79. The molecule has 32 heavy (non-hydrogen) atoms. The smallest absolute Gasteiger partial charge is 0.269 e. The zero-order chi connectivity index (χ0) is 22.7. The van der Waals surface area contributed by atoms with Gasteiger partial charge < -0.3 is 4.98 Å². The fraction of sp³-hybridized carbons (Fsp3) is 0.304. The second kappa shape index (κ2) is 7.43. The van der Waals surface area contributed by atoms with Gasteiger partial charge in [-0.05, 0) is 55.7 Å². The molecule has 2 unspecified atom stereocenters. The van der Waals surface area contributed by atoms with Crippen LogP contribution in [0.5, 0.6) is 0 Å². The summed E-state index contributed by atoms with van der Waals surface area (Å²) in [5.74, 6) is -0.584. The van der Waals surface area contributed by atoms with Crippen molar-refractivity contribution in [2.45, 2.75) is 38.8 Å². The van der Waals surface area contributed by atoms with Crippen molar-refractivity contribution in [2.75, 3.05) is 11.4 Å². The zero-order valence-electron chi connectivity index (χ0n) is 17.6. The summed E-state index contributed by atoms with van der Waals surface area (Å²) in [7, 11) is 0. The molecule has 8 nitrogen and oxygen atoms in total. The number of H-pyrrole nitrogens is 1. The van der Waals surface area contributed by atoms with Crippen LogP contribution in [-0.2, 0) is 16.0 Å². The van der Waals surface area contributed by atoms with Crippen molar-refractivity contribution in [1.29, 1.82) is 0 Å². The maximum atomic E-state index is 13.4. The number of nitrogens with zero attached hydrogens (tertiary/aromatic N) is 3. The van der Waals surface area contributed by atoms with Crippen molar-refractivity contribution in [2.24, 2.45) is 0 Å². The lowest BCUT2D eigenvalue weighted by Crippen LogP contribution is -2.46. The van der Waals surface area contributed by atoms with Crippen LogP contribution in [0.2, 0.25) is 5.02 Å². The second-order valence-electron chi connectivity index (χ2n) is 8.39. The SMILES string of the molecule is Cc1cc([N+](=O)[O-])ccc1N1C(=O)CC(N2CCc3c([nH]c4ccc(Cl)cc34)C2C)C1=O. The summed E-state index contributed by atoms with van der Waals surface area (Å²) in [6, 6.07) is 9.28. The molecule has 2 atom stereocenters. The van der Waals surface area contributed by atoms with Crippen LogP contribution in [0.3, 0.4) is 0 Å². The van der Waals surface area contributed by atoms with Gasteiger partial charge in [0.1, 0.15) is 0 Å². The molecule has 2 aliphatic rings. The molecule has 0 saturated carbocycles. The fourth-order valence-electron chi connectivity index (χ4n) is 5.03. The molecule has 0 spiro atoms. The van der Waals surface area contributed by atoms with Crippen LogP contribution < -0.4 is 4.90 Å². The molecule has 2 aromatic carbocycles. The van der Waals surface area contributed by atoms with Crippen LogP contribution >= 0.6 is 11.6 Å². The van der Waals surface area contributed by atoms with Gasteiger partial charge in [0.2, 0.25) is 5.91 Å². The number of halogens is 1. The van der Waals surface area contributed by atoms with Crippen LogP contribution in [-0.4, -0.2) is 39.2 Å². The summed E-state index contributed by atoms with van der Waals surface area (Å²) in [6.45, 7) is 4.35. The predicted molar refractivity (Wildman–Crippen MR) is 121 cm³/mol. The molecule has 1 saturated heterocycles. The summed E-state index contributed by atoms with van der Waals surface area (Å²) in [5.41, 5.74) is 4.09. The highest BCUT2D eigenvalue weighted by Gasteiger charge is 2.46. The topological polar surface area (TPSA) is 99.5 Å². The highest BCUT2D eigenvalue weighted by molar-refractivity contribution is 6.31. The highest BCUT2D eigenvalue weighted by Crippen LogP contribution is 2.39. The van der Waals surface area contributed by atoms with E-state index < -0.39 is 11.0 Å². The number of rotatable bonds is 3. The van der Waals surface area contributed by atoms with Gasteiger partial charge in [0, 0.05) is 46.3 Å². The van der Waals surface area contributed by atoms with Gasteiger partial charge in [-0.25, -0.2) is 4.90 Å². The van der Waals surface area contributed by atoms with E-state index in [-0.39, 0.29) is 30.0 Å². The molecule has 1 N–H and O–H groups in total. The Balaban J connectivity index is 1.45. The first kappa shape index (κ1) is 20.7. The first-order chi connectivity index (χ1) is 15.3. The van der Waals surface area contributed by atoms with E-state index >= 15 is 0 Å². The minimum absolute atomic E-state index is 0.0713. The molecule has 3 aromatic rings. The molecule has 9 heteroatoms. The fourth-order valence-corrected chi connectivity index (χ4v) is 5.20. The second-order valence-corrected chi connectivity index (χ2v) is 8.82. The molecular weight excluding hydrogens is 432 g/mol. The standard InChI is InChI=1S/C23H21ClN4O4/c1-12-9-15(28(31)32)4-6-19(12)27-21(29)11-20(23(27)30)26-8-7-16-17-10-14(24)3-5-18(17)25-22(16)13(26)2/h3-6,9-10,13,20,25H,7-8,11H2,1-2H3. The molecule has 2 aliphatic heterocycles. The predicted octanol–water partition coefficient (Wildman–Crippen LogP) is 4.29. The third-order valence-electron chi connectivity index (χ3n) is 6.59. The van der Waals surface area contributed by atoms with Gasteiger partial charge in [0.15, 0.2) is 0 Å². The van der Waals surface area contributed by atoms with E-state index in [4.69, 9.17) is 11.6 Å². The van der Waals surface area contributed by atoms with Crippen LogP contribution in [0.4, 0.5) is 11.4 Å². The Bertz CT molecular complexity index is 1300. The Hall–Kier alpha value is -3.23. The maximum absolute atomic E-state index is 13.4. The first-order valence-corrected chi connectivity index (χ1v) is 10.8. The number of nitrogens with one attached hydrogen (secondary N) is 1. The maximum Gasteiger partial charge on any atom is 0.269 e. The van der Waals surface area contributed by atoms with Gasteiger partial charge in [-0.15, -0.1) is 0 Å². The Labute approximate surface area is 188 Å². The summed E-state index contributed by atoms with van der Waals surface area (Å²) in [5, 5.41) is 12.8. The first-order valence-electron chi connectivity index (χ1n) is 10.4. The summed E-state index contributed by atoms with van der Waals surface area (Å²) in [6.07, 6.45) is 0.829. The van der Waals surface area contributed by atoms with Gasteiger partial charge in [0.25, 0.3) is 11.6 Å². The summed E-state index contributed by atoms with van der Waals surface area (Å²) >= 11 is 6.19. The number of aromatic amines is 1. The van der Waals surface area contributed by atoms with E-state index in [1.165, 1.54) is 28.7 Å². The molecule has 1 aromatic heterocycles. The average Bonchev–Trinajstić information content (AvgIpc) is 3.26. The molecular formula is C23H21ClN4O4. The molecule has 2 amide bonds. The quantitative estimate of drug-likeness (QED) is 0.363. The Morgan fingerprint density at radius 3 is 2.69 bits per heavy atom. The monoisotopic (exact) mass is 452 g/mol. The number of hydrogen-bond acceptors (Lipinski definition) is 5. The van der Waals surface area contributed by atoms with Crippen molar-refractivity contribution in [3.05, 3.63) is 68.4 Å². The van der Waals surface area contributed by atoms with Crippen molar-refractivity contribution < 1.29 is 14.5 Å². The summed E-state index contributed by atoms with van der Waals surface area (Å²) in [4.78, 5) is 43.5. The van der Waals surface area contributed by atoms with Gasteiger partial charge in [-0.2, -0.15) is 0 Å². The Morgan fingerprint density at radius 1 is 1.19 bits per heavy atom. The number of benzene rings is 2. The van der Waals surface area contributed by atoms with Crippen molar-refractivity contribution in [3.63, 3.8) is 0 Å². The van der Waals surface area contributed by atoms with Gasteiger partial charge in [-0.3, -0.25) is 24.6 Å². The van der Waals surface area contributed by atoms with E-state index in [2.05, 4.69) is 9.88 Å². The van der Waals surface area contributed by atoms with Gasteiger partial charge >= 0.3 is 0 Å². The molecule has 5 rings (SSSR count). The lowest BCUT2D eigenvalue weighted by atomic mass is 9.96. The normalized spacial score (nSPS) is 21.4. The van der Waals surface area contributed by atoms with Crippen LogP contribution in [0.15, 0.2) is 36.4 Å². The highest BCUT2D eigenvalue weighted by atomic mass is 35.5. The molecule has 0 aliphatic carbocycles. The van der Waals surface area contributed by atoms with E-state index in [0.29, 0.717) is 22.8 Å². The molecule has 0 radical (unpaired) electrons. The number of anilines is 1. The van der Waals surface area contributed by atoms with Gasteiger partial charge in [-0.1, -0.05) is 11.6 Å². The van der Waals surface area contributed by atoms with E-state index in [1.54, 1.807) is 6.92 Å². The number of amides is 2. The number of nitro groups is 1. The minimum Gasteiger partial charge on any atom is -0.357 e. The third kappa shape index (κ3) is 3.10. The average molecular weight is 453 g/mol. The van der Waals surface area contributed by atoms with Crippen molar-refractivity contribution in [3.8, 4) is 0 Å². The number of aryl methyl sites for hydroxylation is 1. The van der Waals surface area contributed by atoms with E-state index in [1.807, 2.05) is 25.1 Å². The molecule has 3 heterocycles. The number of fused-ring (bicyclic) bond motifs is 3. The molecule has 164 valence electrons. The third-order valence-corrected chi connectivity index (χ3v) is 6.83. The molecule has 1 fully saturated rings. The van der Waals surface area contributed by atoms with E-state index in [9.17, 15) is 19.7 Å².